The van der Waals surface area contributed by atoms with Crippen molar-refractivity contribution in [3.8, 4) is 0 Å². The Balaban J connectivity index is 0.000000346. The minimum Gasteiger partial charge on any atom is -0.383 e. The molecule has 6 heteroatoms. The van der Waals surface area contributed by atoms with Crippen LogP contribution in [0.2, 0.25) is 0 Å². The van der Waals surface area contributed by atoms with Crippen molar-refractivity contribution in [1.82, 2.24) is 4.98 Å². The number of primary amides is 1. The number of hydrogen-bond acceptors (Lipinski definition) is 4. The number of ether oxygens (including phenoxy) is 1. The van der Waals surface area contributed by atoms with Crippen molar-refractivity contribution in [2.45, 2.75) is 78.9 Å². The predicted molar refractivity (Wildman–Crippen MR) is 128 cm³/mol. The summed E-state index contributed by atoms with van der Waals surface area (Å²) in [5, 5.41) is 0. The van der Waals surface area contributed by atoms with Crippen molar-refractivity contribution in [2.75, 3.05) is 5.73 Å². The topological polar surface area (TPSA) is 91.2 Å². The molecule has 0 aliphatic heterocycles. The van der Waals surface area contributed by atoms with E-state index >= 15 is 0 Å². The fourth-order valence-electron chi connectivity index (χ4n) is 3.12. The number of unbranched alkanes of at least 4 members (excludes halogenated alkanes) is 1. The molecule has 0 aliphatic carbocycles. The first-order valence-electron chi connectivity index (χ1n) is 10.7. The van der Waals surface area contributed by atoms with Gasteiger partial charge in [-0.05, 0) is 64.9 Å². The van der Waals surface area contributed by atoms with E-state index in [0.29, 0.717) is 10.6 Å². The minimum atomic E-state index is -0.573. The molecule has 1 aromatic carbocycles. The molecule has 1 amide bonds. The van der Waals surface area contributed by atoms with Crippen LogP contribution < -0.4 is 11.5 Å². The number of halogens is 1. The Kier molecular flexibility index (Phi) is 12.3. The highest BCUT2D eigenvalue weighted by atomic mass is 79.9. The average molecular weight is 478 g/mol. The van der Waals surface area contributed by atoms with Crippen molar-refractivity contribution >= 4 is 27.7 Å². The van der Waals surface area contributed by atoms with E-state index in [-0.39, 0.29) is 11.4 Å². The van der Waals surface area contributed by atoms with Gasteiger partial charge in [-0.15, -0.1) is 0 Å². The van der Waals surface area contributed by atoms with E-state index in [9.17, 15) is 4.79 Å². The highest BCUT2D eigenvalue weighted by Gasteiger charge is 2.08. The van der Waals surface area contributed by atoms with Crippen LogP contribution in [0.1, 0.15) is 79.9 Å². The summed E-state index contributed by atoms with van der Waals surface area (Å²) in [5.74, 6) is -0.419. The van der Waals surface area contributed by atoms with Gasteiger partial charge in [0.2, 0.25) is 0 Å². The lowest BCUT2D eigenvalue weighted by atomic mass is 10.0. The third kappa shape index (κ3) is 9.26. The molecule has 5 nitrogen and oxygen atoms in total. The van der Waals surface area contributed by atoms with E-state index < -0.39 is 5.91 Å². The number of carbonyl (C=O) groups excluding carboxylic acids is 1. The van der Waals surface area contributed by atoms with E-state index in [1.54, 1.807) is 0 Å². The van der Waals surface area contributed by atoms with Gasteiger partial charge >= 0.3 is 0 Å². The summed E-state index contributed by atoms with van der Waals surface area (Å²) in [6.07, 6.45) is 9.19. The number of nitrogens with two attached hydrogens (primary N) is 2. The lowest BCUT2D eigenvalue weighted by Crippen LogP contribution is -2.14. The number of anilines is 1. The number of nitrogens with zero attached hydrogens (tertiary/aromatic N) is 1. The molecule has 1 unspecified atom stereocenters. The van der Waals surface area contributed by atoms with Crippen molar-refractivity contribution in [3.63, 3.8) is 0 Å². The van der Waals surface area contributed by atoms with Gasteiger partial charge in [-0.3, -0.25) is 4.79 Å². The number of benzene rings is 1. The number of aryl methyl sites for hydroxylation is 2. The Morgan fingerprint density at radius 3 is 2.47 bits per heavy atom. The van der Waals surface area contributed by atoms with Crippen molar-refractivity contribution in [3.05, 3.63) is 57.2 Å². The maximum absolute atomic E-state index is 10.7. The van der Waals surface area contributed by atoms with Gasteiger partial charge in [0.1, 0.15) is 5.82 Å². The summed E-state index contributed by atoms with van der Waals surface area (Å²) in [5.41, 5.74) is 14.8. The van der Waals surface area contributed by atoms with Crippen molar-refractivity contribution < 1.29 is 9.53 Å². The summed E-state index contributed by atoms with van der Waals surface area (Å²) in [7, 11) is 0. The lowest BCUT2D eigenvalue weighted by Gasteiger charge is -2.17. The van der Waals surface area contributed by atoms with Crippen LogP contribution in [0.25, 0.3) is 0 Å². The van der Waals surface area contributed by atoms with Crippen LogP contribution in [0, 0.1) is 6.92 Å². The third-order valence-corrected chi connectivity index (χ3v) is 5.35. The number of hydrogen-bond donors (Lipinski definition) is 2. The van der Waals surface area contributed by atoms with Crippen LogP contribution in [0.3, 0.4) is 0 Å². The molecule has 0 fully saturated rings. The normalized spacial score (nSPS) is 11.5. The molecule has 0 saturated heterocycles. The maximum Gasteiger partial charge on any atom is 0.252 e. The zero-order chi connectivity index (χ0) is 22.5. The lowest BCUT2D eigenvalue weighted by molar-refractivity contribution is 0.0276. The zero-order valence-corrected chi connectivity index (χ0v) is 20.3. The molecule has 2 rings (SSSR count). The largest absolute Gasteiger partial charge is 0.383 e. The van der Waals surface area contributed by atoms with E-state index in [0.717, 1.165) is 13.0 Å². The second-order valence-electron chi connectivity index (χ2n) is 7.43. The first kappa shape index (κ1) is 26.1. The Morgan fingerprint density at radius 2 is 1.90 bits per heavy atom. The van der Waals surface area contributed by atoms with Gasteiger partial charge in [-0.2, -0.15) is 0 Å². The fraction of sp³-hybridized carbons (Fsp3) is 0.500. The number of pyridine rings is 1. The van der Waals surface area contributed by atoms with Gasteiger partial charge in [-0.25, -0.2) is 4.98 Å². The summed E-state index contributed by atoms with van der Waals surface area (Å²) < 4.78 is 6.79. The smallest absolute Gasteiger partial charge is 0.252 e. The van der Waals surface area contributed by atoms with Crippen molar-refractivity contribution in [1.29, 1.82) is 0 Å². The Bertz CT molecular complexity index is 796. The van der Waals surface area contributed by atoms with Crippen LogP contribution in [0.5, 0.6) is 0 Å². The average Bonchev–Trinajstić information content (AvgIpc) is 2.73. The molecule has 2 aromatic rings. The minimum absolute atomic E-state index is 0.153. The first-order chi connectivity index (χ1) is 14.3. The molecule has 0 radical (unpaired) electrons. The van der Waals surface area contributed by atoms with Gasteiger partial charge in [0.25, 0.3) is 5.91 Å². The summed E-state index contributed by atoms with van der Waals surface area (Å²) >= 11 is 3.14. The second kappa shape index (κ2) is 14.1. The summed E-state index contributed by atoms with van der Waals surface area (Å²) in [6.45, 7) is 9.65. The molecule has 0 bridgehead atoms. The number of nitrogen functional groups attached to an aromatic ring is 1. The number of aromatic nitrogens is 1. The van der Waals surface area contributed by atoms with Gasteiger partial charge in [0, 0.05) is 10.7 Å². The van der Waals surface area contributed by atoms with E-state index in [2.05, 4.69) is 66.8 Å². The van der Waals surface area contributed by atoms with E-state index in [1.165, 1.54) is 61.1 Å². The van der Waals surface area contributed by atoms with Crippen LogP contribution in [-0.4, -0.2) is 17.0 Å². The molecule has 0 saturated carbocycles. The van der Waals surface area contributed by atoms with Gasteiger partial charge < -0.3 is 16.2 Å². The maximum atomic E-state index is 10.7. The monoisotopic (exact) mass is 477 g/mol. The molecule has 1 atom stereocenters. The summed E-state index contributed by atoms with van der Waals surface area (Å²) in [4.78, 5) is 14.4. The Labute approximate surface area is 189 Å². The number of rotatable bonds is 10. The van der Waals surface area contributed by atoms with Crippen molar-refractivity contribution in [2.24, 2.45) is 5.73 Å². The zero-order valence-electron chi connectivity index (χ0n) is 18.7. The summed E-state index contributed by atoms with van der Waals surface area (Å²) in [6, 6.07) is 8.26. The quantitative estimate of drug-likeness (QED) is 0.441. The predicted octanol–water partition coefficient (Wildman–Crippen LogP) is 5.96. The number of carbonyl (C=O) groups is 1. The van der Waals surface area contributed by atoms with E-state index in [4.69, 9.17) is 16.2 Å². The molecule has 4 N–H and O–H groups in total. The standard InChI is InChI=1S/C18H30O.C6H6BrN3O/c1-5-8-10-18(9-6-2)19-14-16-12-11-15(4)17(7-3)13-16;7-3-1-4(6(9)11)5(8)10-2-3/h11-13,18H,5-10,14H2,1-4H3;1-2H,(H2,8,10)(H2,9,11). The molecule has 166 valence electrons. The van der Waals surface area contributed by atoms with Gasteiger partial charge in [-0.1, -0.05) is 58.2 Å². The SMILES string of the molecule is CCCCC(CCC)OCc1ccc(C)c(CC)c1.NC(=O)c1cc(Br)cnc1N. The number of amides is 1. The molecular weight excluding hydrogens is 442 g/mol. The molecule has 1 aromatic heterocycles. The third-order valence-electron chi connectivity index (χ3n) is 4.92. The van der Waals surface area contributed by atoms with Crippen LogP contribution in [0.15, 0.2) is 34.9 Å². The van der Waals surface area contributed by atoms with Crippen LogP contribution in [0.4, 0.5) is 5.82 Å². The molecular formula is C24H36BrN3O2. The second-order valence-corrected chi connectivity index (χ2v) is 8.34. The molecule has 0 aliphatic rings. The molecule has 30 heavy (non-hydrogen) atoms. The Morgan fingerprint density at radius 1 is 1.17 bits per heavy atom. The highest BCUT2D eigenvalue weighted by molar-refractivity contribution is 9.10. The van der Waals surface area contributed by atoms with Gasteiger partial charge in [0.15, 0.2) is 0 Å². The first-order valence-corrected chi connectivity index (χ1v) is 11.5. The van der Waals surface area contributed by atoms with Crippen LogP contribution in [-0.2, 0) is 17.8 Å². The van der Waals surface area contributed by atoms with Gasteiger partial charge in [0.05, 0.1) is 18.3 Å². The highest BCUT2D eigenvalue weighted by Crippen LogP contribution is 2.17. The van der Waals surface area contributed by atoms with Crippen LogP contribution >= 0.6 is 15.9 Å². The molecule has 0 spiro atoms. The van der Waals surface area contributed by atoms with E-state index in [1.807, 2.05) is 0 Å². The fourth-order valence-corrected chi connectivity index (χ4v) is 3.45. The Hall–Kier alpha value is -1.92. The molecule has 1 heterocycles.